The number of aryl methyl sites for hydroxylation is 4. The minimum atomic E-state index is -0.0151. The van der Waals surface area contributed by atoms with Crippen LogP contribution in [0.3, 0.4) is 0 Å². The van der Waals surface area contributed by atoms with Crippen LogP contribution in [0.25, 0.3) is 55.0 Å². The lowest BCUT2D eigenvalue weighted by Crippen LogP contribution is -2.57. The molecule has 242 valence electrons. The van der Waals surface area contributed by atoms with Gasteiger partial charge in [-0.25, -0.2) is 0 Å². The molecule has 2 aliphatic rings. The van der Waals surface area contributed by atoms with Crippen molar-refractivity contribution in [2.75, 3.05) is 0 Å². The second kappa shape index (κ2) is 10.2. The molecule has 0 radical (unpaired) electrons. The van der Waals surface area contributed by atoms with Gasteiger partial charge in [0.1, 0.15) is 23.0 Å². The van der Waals surface area contributed by atoms with Gasteiger partial charge in [-0.15, -0.1) is 0 Å². The van der Waals surface area contributed by atoms with Gasteiger partial charge in [-0.3, -0.25) is 0 Å². The van der Waals surface area contributed by atoms with E-state index < -0.39 is 0 Å². The van der Waals surface area contributed by atoms with Gasteiger partial charge in [0.25, 0.3) is 6.71 Å². The summed E-state index contributed by atoms with van der Waals surface area (Å²) in [5, 5.41) is 5.07. The summed E-state index contributed by atoms with van der Waals surface area (Å²) in [7, 11) is 0. The largest absolute Gasteiger partial charge is 0.458 e. The highest BCUT2D eigenvalue weighted by atomic mass is 16.5. The lowest BCUT2D eigenvalue weighted by atomic mass is 9.35. The molecule has 2 aliphatic heterocycles. The van der Waals surface area contributed by atoms with Crippen molar-refractivity contribution in [2.45, 2.75) is 27.7 Å². The van der Waals surface area contributed by atoms with Crippen LogP contribution in [0.5, 0.6) is 23.0 Å². The molecular formula is C46H33BN2O2. The van der Waals surface area contributed by atoms with Crippen molar-refractivity contribution >= 4 is 66.7 Å². The van der Waals surface area contributed by atoms with Crippen LogP contribution in [0.4, 0.5) is 0 Å². The van der Waals surface area contributed by atoms with Crippen molar-refractivity contribution in [1.29, 1.82) is 0 Å². The van der Waals surface area contributed by atoms with Crippen LogP contribution in [0.15, 0.2) is 127 Å². The predicted octanol–water partition coefficient (Wildman–Crippen LogP) is 9.84. The van der Waals surface area contributed by atoms with Crippen LogP contribution in [-0.4, -0.2) is 15.8 Å². The molecule has 11 rings (SSSR count). The molecule has 0 saturated heterocycles. The highest BCUT2D eigenvalue weighted by Gasteiger charge is 2.40. The van der Waals surface area contributed by atoms with Crippen LogP contribution >= 0.6 is 0 Å². The molecule has 0 unspecified atom stereocenters. The Kier molecular flexibility index (Phi) is 5.71. The van der Waals surface area contributed by atoms with E-state index in [4.69, 9.17) is 9.47 Å². The number of rotatable bonds is 2. The van der Waals surface area contributed by atoms with E-state index in [2.05, 4.69) is 158 Å². The number of ether oxygens (including phenoxy) is 2. The van der Waals surface area contributed by atoms with Gasteiger partial charge in [-0.2, -0.15) is 0 Å². The van der Waals surface area contributed by atoms with Gasteiger partial charge in [0.05, 0.1) is 22.1 Å². The Hall–Kier alpha value is -6.20. The third-order valence-corrected chi connectivity index (χ3v) is 11.0. The van der Waals surface area contributed by atoms with Gasteiger partial charge in [0.2, 0.25) is 0 Å². The Morgan fingerprint density at radius 3 is 1.14 bits per heavy atom. The highest BCUT2D eigenvalue weighted by molar-refractivity contribution is 6.98. The monoisotopic (exact) mass is 656 g/mol. The average molecular weight is 657 g/mol. The molecule has 4 nitrogen and oxygen atoms in total. The third kappa shape index (κ3) is 4.03. The Labute approximate surface area is 296 Å². The quantitative estimate of drug-likeness (QED) is 0.173. The average Bonchev–Trinajstić information content (AvgIpc) is 3.62. The molecular weight excluding hydrogens is 623 g/mol. The Morgan fingerprint density at radius 1 is 0.392 bits per heavy atom. The molecule has 7 aromatic carbocycles. The summed E-state index contributed by atoms with van der Waals surface area (Å²) in [5.41, 5.74) is 15.4. The molecule has 0 fully saturated rings. The van der Waals surface area contributed by atoms with E-state index in [0.717, 1.165) is 50.8 Å². The van der Waals surface area contributed by atoms with Crippen LogP contribution in [0, 0.1) is 27.7 Å². The first-order valence-corrected chi connectivity index (χ1v) is 17.7. The van der Waals surface area contributed by atoms with Gasteiger partial charge < -0.3 is 18.6 Å². The topological polar surface area (TPSA) is 28.3 Å². The summed E-state index contributed by atoms with van der Waals surface area (Å²) in [4.78, 5) is 0. The van der Waals surface area contributed by atoms with E-state index in [-0.39, 0.29) is 6.71 Å². The lowest BCUT2D eigenvalue weighted by Gasteiger charge is -2.33. The summed E-state index contributed by atoms with van der Waals surface area (Å²) < 4.78 is 18.2. The maximum absolute atomic E-state index is 6.74. The maximum Gasteiger partial charge on any atom is 0.260 e. The van der Waals surface area contributed by atoms with Crippen molar-refractivity contribution in [3.05, 3.63) is 150 Å². The maximum atomic E-state index is 6.74. The molecule has 0 amide bonds. The van der Waals surface area contributed by atoms with E-state index in [1.165, 1.54) is 65.9 Å². The summed E-state index contributed by atoms with van der Waals surface area (Å²) in [6, 6.07) is 46.6. The molecule has 0 saturated carbocycles. The summed E-state index contributed by atoms with van der Waals surface area (Å²) in [5.74, 6) is 3.44. The minimum Gasteiger partial charge on any atom is -0.458 e. The molecule has 4 heterocycles. The first kappa shape index (κ1) is 28.6. The van der Waals surface area contributed by atoms with Crippen LogP contribution in [0.1, 0.15) is 22.3 Å². The van der Waals surface area contributed by atoms with Gasteiger partial charge in [-0.1, -0.05) is 64.7 Å². The van der Waals surface area contributed by atoms with Gasteiger partial charge in [0, 0.05) is 50.5 Å². The van der Waals surface area contributed by atoms with Crippen LogP contribution < -0.4 is 25.9 Å². The van der Waals surface area contributed by atoms with Crippen molar-refractivity contribution in [3.8, 4) is 34.4 Å². The van der Waals surface area contributed by atoms with E-state index in [9.17, 15) is 0 Å². The van der Waals surface area contributed by atoms with E-state index in [1.54, 1.807) is 0 Å². The fourth-order valence-electron chi connectivity index (χ4n) is 8.74. The van der Waals surface area contributed by atoms with E-state index in [0.29, 0.717) is 0 Å². The number of fused-ring (bicyclic) bond motifs is 10. The third-order valence-electron chi connectivity index (χ3n) is 11.0. The zero-order valence-electron chi connectivity index (χ0n) is 28.9. The lowest BCUT2D eigenvalue weighted by molar-refractivity contribution is 0.464. The van der Waals surface area contributed by atoms with Crippen molar-refractivity contribution < 1.29 is 9.47 Å². The molecule has 2 aromatic heterocycles. The van der Waals surface area contributed by atoms with Gasteiger partial charge in [-0.05, 0) is 111 Å². The molecule has 0 aliphatic carbocycles. The van der Waals surface area contributed by atoms with Crippen LogP contribution in [0.2, 0.25) is 0 Å². The summed E-state index contributed by atoms with van der Waals surface area (Å²) in [6.07, 6.45) is 0. The number of benzene rings is 7. The molecule has 0 N–H and O–H groups in total. The summed E-state index contributed by atoms with van der Waals surface area (Å²) >= 11 is 0. The zero-order valence-corrected chi connectivity index (χ0v) is 28.9. The van der Waals surface area contributed by atoms with E-state index in [1.807, 2.05) is 6.07 Å². The molecule has 0 atom stereocenters. The number of nitrogens with zero attached hydrogens (tertiary/aromatic N) is 2. The van der Waals surface area contributed by atoms with Crippen LogP contribution in [-0.2, 0) is 0 Å². The zero-order chi connectivity index (χ0) is 34.1. The van der Waals surface area contributed by atoms with E-state index >= 15 is 0 Å². The Bertz CT molecular complexity index is 2670. The second-order valence-electron chi connectivity index (χ2n) is 14.5. The second-order valence-corrected chi connectivity index (χ2v) is 14.5. The van der Waals surface area contributed by atoms with Crippen molar-refractivity contribution in [1.82, 2.24) is 9.13 Å². The van der Waals surface area contributed by atoms with Crippen molar-refractivity contribution in [2.24, 2.45) is 0 Å². The summed E-state index contributed by atoms with van der Waals surface area (Å²) in [6.45, 7) is 8.64. The number of hydrogen-bond donors (Lipinski definition) is 0. The number of hydrogen-bond acceptors (Lipinski definition) is 2. The molecule has 0 bridgehead atoms. The Morgan fingerprint density at radius 2 is 0.765 bits per heavy atom. The Balaban J connectivity index is 1.09. The van der Waals surface area contributed by atoms with Crippen molar-refractivity contribution in [3.63, 3.8) is 0 Å². The minimum absolute atomic E-state index is 0.0151. The number of aromatic nitrogens is 2. The molecule has 51 heavy (non-hydrogen) atoms. The predicted molar refractivity (Wildman–Crippen MR) is 212 cm³/mol. The SMILES string of the molecule is Cc1ccc2c(c1)c1cc(C)ccc1n2-c1ccc2c(c1)Oc1cccc3c1B2c1ccc(-n2c4ccc(C)cc4c4cc(C)ccc42)cc1O3. The highest BCUT2D eigenvalue weighted by Crippen LogP contribution is 2.39. The molecule has 5 heteroatoms. The molecule has 9 aromatic rings. The first-order chi connectivity index (χ1) is 24.9. The normalized spacial score (nSPS) is 13.0. The molecule has 0 spiro atoms. The van der Waals surface area contributed by atoms with Gasteiger partial charge >= 0.3 is 0 Å². The smallest absolute Gasteiger partial charge is 0.260 e. The fourth-order valence-corrected chi connectivity index (χ4v) is 8.74. The fraction of sp³-hybridized carbons (Fsp3) is 0.0870. The standard InChI is InChI=1S/C46H33BN2O2/c1-26-8-16-38-32(20-26)33-21-27(2)9-17-39(33)48(38)30-12-14-36-44(24-30)50-42-6-5-7-43-46(42)47(36)37-15-13-31(25-45(37)51-43)49-40-18-10-28(3)22-34(40)35-23-29(4)11-19-41(35)49/h5-25H,1-4H3. The van der Waals surface area contributed by atoms with Gasteiger partial charge in [0.15, 0.2) is 0 Å². The first-order valence-electron chi connectivity index (χ1n) is 17.7.